The van der Waals surface area contributed by atoms with Gasteiger partial charge >= 0.3 is 0 Å². The molecule has 0 spiro atoms. The van der Waals surface area contributed by atoms with Crippen molar-refractivity contribution in [3.05, 3.63) is 24.4 Å². The number of para-hydroxylation sites is 1. The van der Waals surface area contributed by atoms with E-state index in [0.717, 1.165) is 6.26 Å². The summed E-state index contributed by atoms with van der Waals surface area (Å²) in [4.78, 5) is 7.62. The number of H-pyrrole nitrogens is 1. The Hall–Kier alpha value is -2.35. The van der Waals surface area contributed by atoms with Crippen LogP contribution in [-0.2, 0) is 16.9 Å². The smallest absolute Gasteiger partial charge is 0.177 e. The molecule has 3 N–H and O–H groups in total. The van der Waals surface area contributed by atoms with E-state index in [-0.39, 0.29) is 4.90 Å². The molecule has 3 rings (SSSR count). The van der Waals surface area contributed by atoms with Gasteiger partial charge in [0.05, 0.1) is 22.2 Å². The fourth-order valence-electron chi connectivity index (χ4n) is 2.06. The van der Waals surface area contributed by atoms with Gasteiger partial charge in [-0.3, -0.25) is 4.68 Å². The van der Waals surface area contributed by atoms with E-state index in [1.807, 2.05) is 0 Å². The second kappa shape index (κ2) is 4.07. The molecule has 20 heavy (non-hydrogen) atoms. The Morgan fingerprint density at radius 2 is 2.10 bits per heavy atom. The standard InChI is InChI=1S/C12H13N5O2S/c1-17-11(13)7(6-14-17)12-15-8-4-3-5-9(10(8)16-12)20(2,18)19/h3-6H,13H2,1-2H3,(H,15,16). The summed E-state index contributed by atoms with van der Waals surface area (Å²) < 4.78 is 25.1. The first-order valence-corrected chi connectivity index (χ1v) is 7.73. The molecule has 2 aromatic heterocycles. The summed E-state index contributed by atoms with van der Waals surface area (Å²) in [7, 11) is -1.61. The van der Waals surface area contributed by atoms with Crippen molar-refractivity contribution in [2.75, 3.05) is 12.0 Å². The molecule has 0 saturated carbocycles. The first kappa shape index (κ1) is 12.7. The lowest BCUT2D eigenvalue weighted by molar-refractivity contribution is 0.602. The minimum absolute atomic E-state index is 0.194. The number of imidazole rings is 1. The molecule has 0 atom stereocenters. The maximum absolute atomic E-state index is 11.8. The highest BCUT2D eigenvalue weighted by molar-refractivity contribution is 7.91. The van der Waals surface area contributed by atoms with Gasteiger partial charge in [0.25, 0.3) is 0 Å². The molecular weight excluding hydrogens is 278 g/mol. The number of anilines is 1. The van der Waals surface area contributed by atoms with Crippen molar-refractivity contribution in [3.63, 3.8) is 0 Å². The maximum atomic E-state index is 11.8. The molecule has 0 bridgehead atoms. The Morgan fingerprint density at radius 3 is 2.70 bits per heavy atom. The Balaban J connectivity index is 2.29. The monoisotopic (exact) mass is 291 g/mol. The van der Waals surface area contributed by atoms with Gasteiger partial charge in [-0.1, -0.05) is 6.07 Å². The lowest BCUT2D eigenvalue weighted by Crippen LogP contribution is -1.98. The molecular formula is C12H13N5O2S. The molecule has 0 aliphatic rings. The minimum atomic E-state index is -3.34. The number of nitrogens with two attached hydrogens (primary N) is 1. The Labute approximate surface area is 115 Å². The number of aromatic nitrogens is 4. The van der Waals surface area contributed by atoms with Crippen LogP contribution < -0.4 is 5.73 Å². The van der Waals surface area contributed by atoms with E-state index in [4.69, 9.17) is 5.73 Å². The molecule has 0 amide bonds. The van der Waals surface area contributed by atoms with E-state index < -0.39 is 9.84 Å². The lowest BCUT2D eigenvalue weighted by atomic mass is 10.3. The van der Waals surface area contributed by atoms with E-state index >= 15 is 0 Å². The number of sulfone groups is 1. The summed E-state index contributed by atoms with van der Waals surface area (Å²) in [5, 5.41) is 4.05. The highest BCUT2D eigenvalue weighted by Crippen LogP contribution is 2.27. The van der Waals surface area contributed by atoms with Crippen molar-refractivity contribution in [1.29, 1.82) is 0 Å². The molecule has 2 heterocycles. The third-order valence-electron chi connectivity index (χ3n) is 3.11. The van der Waals surface area contributed by atoms with Crippen molar-refractivity contribution in [2.45, 2.75) is 4.90 Å². The summed E-state index contributed by atoms with van der Waals surface area (Å²) in [6.45, 7) is 0. The first-order chi connectivity index (χ1) is 9.38. The third-order valence-corrected chi connectivity index (χ3v) is 4.24. The zero-order valence-electron chi connectivity index (χ0n) is 11.0. The van der Waals surface area contributed by atoms with E-state index in [9.17, 15) is 8.42 Å². The van der Waals surface area contributed by atoms with Crippen LogP contribution in [0.15, 0.2) is 29.3 Å². The summed E-state index contributed by atoms with van der Waals surface area (Å²) in [6, 6.07) is 4.98. The number of nitrogen functional groups attached to an aromatic ring is 1. The van der Waals surface area contributed by atoms with Gasteiger partial charge in [0, 0.05) is 13.3 Å². The number of rotatable bonds is 2. The quantitative estimate of drug-likeness (QED) is 0.731. The van der Waals surface area contributed by atoms with E-state index in [2.05, 4.69) is 15.1 Å². The molecule has 0 fully saturated rings. The topological polar surface area (TPSA) is 107 Å². The second-order valence-corrected chi connectivity index (χ2v) is 6.56. The zero-order chi connectivity index (χ0) is 14.5. The molecule has 1 aromatic carbocycles. The minimum Gasteiger partial charge on any atom is -0.383 e. The number of hydrogen-bond acceptors (Lipinski definition) is 5. The van der Waals surface area contributed by atoms with E-state index in [1.165, 1.54) is 10.7 Å². The fourth-order valence-corrected chi connectivity index (χ4v) is 2.89. The number of aryl methyl sites for hydroxylation is 1. The Bertz CT molecular complexity index is 907. The average Bonchev–Trinajstić information content (AvgIpc) is 2.92. The normalized spacial score (nSPS) is 12.1. The van der Waals surface area contributed by atoms with Crippen LogP contribution in [-0.4, -0.2) is 34.4 Å². The second-order valence-electron chi connectivity index (χ2n) is 4.58. The largest absolute Gasteiger partial charge is 0.383 e. The van der Waals surface area contributed by atoms with Gasteiger partial charge in [-0.15, -0.1) is 0 Å². The van der Waals surface area contributed by atoms with Crippen molar-refractivity contribution in [2.24, 2.45) is 7.05 Å². The van der Waals surface area contributed by atoms with Crippen LogP contribution in [0.4, 0.5) is 5.82 Å². The van der Waals surface area contributed by atoms with Crippen LogP contribution in [0.1, 0.15) is 0 Å². The highest BCUT2D eigenvalue weighted by atomic mass is 32.2. The van der Waals surface area contributed by atoms with Crippen LogP contribution in [0.2, 0.25) is 0 Å². The van der Waals surface area contributed by atoms with Crippen LogP contribution in [0, 0.1) is 0 Å². The summed E-state index contributed by atoms with van der Waals surface area (Å²) in [5.74, 6) is 0.965. The summed E-state index contributed by atoms with van der Waals surface area (Å²) >= 11 is 0. The third kappa shape index (κ3) is 1.85. The van der Waals surface area contributed by atoms with Crippen LogP contribution in [0.5, 0.6) is 0 Å². The molecule has 0 unspecified atom stereocenters. The summed E-state index contributed by atoms with van der Waals surface area (Å²) in [5.41, 5.74) is 7.60. The highest BCUT2D eigenvalue weighted by Gasteiger charge is 2.17. The molecule has 0 saturated heterocycles. The average molecular weight is 291 g/mol. The molecule has 7 nitrogen and oxygen atoms in total. The van der Waals surface area contributed by atoms with Crippen LogP contribution in [0.3, 0.4) is 0 Å². The number of benzene rings is 1. The van der Waals surface area contributed by atoms with Crippen molar-refractivity contribution >= 4 is 26.7 Å². The predicted molar refractivity (Wildman–Crippen MR) is 75.8 cm³/mol. The van der Waals surface area contributed by atoms with Gasteiger partial charge < -0.3 is 10.7 Å². The van der Waals surface area contributed by atoms with Gasteiger partial charge in [-0.05, 0) is 12.1 Å². The van der Waals surface area contributed by atoms with Crippen molar-refractivity contribution < 1.29 is 8.42 Å². The Kier molecular flexibility index (Phi) is 2.58. The van der Waals surface area contributed by atoms with Gasteiger partial charge in [-0.25, -0.2) is 13.4 Å². The van der Waals surface area contributed by atoms with Crippen LogP contribution in [0.25, 0.3) is 22.4 Å². The molecule has 104 valence electrons. The first-order valence-electron chi connectivity index (χ1n) is 5.84. The predicted octanol–water partition coefficient (Wildman–Crippen LogP) is 0.949. The summed E-state index contributed by atoms with van der Waals surface area (Å²) in [6.07, 6.45) is 2.75. The molecule has 3 aromatic rings. The number of nitrogens with one attached hydrogen (secondary N) is 1. The Morgan fingerprint density at radius 1 is 1.35 bits per heavy atom. The number of fused-ring (bicyclic) bond motifs is 1. The van der Waals surface area contributed by atoms with Gasteiger partial charge in [0.1, 0.15) is 17.2 Å². The van der Waals surface area contributed by atoms with Gasteiger partial charge in [0.15, 0.2) is 9.84 Å². The lowest BCUT2D eigenvalue weighted by Gasteiger charge is -1.97. The molecule has 0 aliphatic heterocycles. The number of nitrogens with zero attached hydrogens (tertiary/aromatic N) is 3. The molecule has 0 radical (unpaired) electrons. The van der Waals surface area contributed by atoms with Gasteiger partial charge in [0.2, 0.25) is 0 Å². The number of hydrogen-bond donors (Lipinski definition) is 2. The molecule has 0 aliphatic carbocycles. The van der Waals surface area contributed by atoms with E-state index in [0.29, 0.717) is 28.2 Å². The number of aromatic amines is 1. The van der Waals surface area contributed by atoms with E-state index in [1.54, 1.807) is 25.4 Å². The SMILES string of the molecule is Cn1ncc(-c2nc3c(S(C)(=O)=O)cccc3[nH]2)c1N. The van der Waals surface area contributed by atoms with Gasteiger partial charge in [-0.2, -0.15) is 5.10 Å². The maximum Gasteiger partial charge on any atom is 0.177 e. The zero-order valence-corrected chi connectivity index (χ0v) is 11.8. The van der Waals surface area contributed by atoms with Crippen molar-refractivity contribution in [3.8, 4) is 11.4 Å². The van der Waals surface area contributed by atoms with Crippen molar-refractivity contribution in [1.82, 2.24) is 19.7 Å². The fraction of sp³-hybridized carbons (Fsp3) is 0.167. The van der Waals surface area contributed by atoms with Crippen LogP contribution >= 0.6 is 0 Å². The molecule has 8 heteroatoms.